The fourth-order valence-electron chi connectivity index (χ4n) is 1.81. The second-order valence-electron chi connectivity index (χ2n) is 3.62. The fourth-order valence-corrected chi connectivity index (χ4v) is 2.19. The van der Waals surface area contributed by atoms with Gasteiger partial charge in [0.15, 0.2) is 0 Å². The second-order valence-corrected chi connectivity index (χ2v) is 4.54. The van der Waals surface area contributed by atoms with E-state index in [-0.39, 0.29) is 6.04 Å². The van der Waals surface area contributed by atoms with Gasteiger partial charge in [0.25, 0.3) is 0 Å². The first-order valence-electron chi connectivity index (χ1n) is 5.05. The van der Waals surface area contributed by atoms with Gasteiger partial charge in [-0.15, -0.1) is 0 Å². The molecule has 0 spiro atoms. The Morgan fingerprint density at radius 3 is 3.13 bits per heavy atom. The highest BCUT2D eigenvalue weighted by Gasteiger charge is 2.23. The van der Waals surface area contributed by atoms with Crippen molar-refractivity contribution in [3.63, 3.8) is 0 Å². The Hall–Kier alpha value is -0.800. The van der Waals surface area contributed by atoms with Crippen LogP contribution < -0.4 is 10.1 Å². The Labute approximate surface area is 98.5 Å². The number of halogens is 1. The van der Waals surface area contributed by atoms with Crippen LogP contribution in [-0.4, -0.2) is 13.2 Å². The average Bonchev–Trinajstić information content (AvgIpc) is 2.23. The van der Waals surface area contributed by atoms with Crippen molar-refractivity contribution in [2.45, 2.75) is 13.0 Å². The zero-order valence-corrected chi connectivity index (χ0v) is 10.3. The molecule has 0 radical (unpaired) electrons. The first kappa shape index (κ1) is 10.7. The van der Waals surface area contributed by atoms with Gasteiger partial charge in [0.1, 0.15) is 12.4 Å². The van der Waals surface area contributed by atoms with Crippen LogP contribution in [0.4, 0.5) is 0 Å². The van der Waals surface area contributed by atoms with E-state index in [1.165, 1.54) is 5.56 Å². The molecular formula is C12H14BrNO. The maximum Gasteiger partial charge on any atom is 0.124 e. The van der Waals surface area contributed by atoms with E-state index < -0.39 is 0 Å². The van der Waals surface area contributed by atoms with Gasteiger partial charge in [-0.2, -0.15) is 0 Å². The van der Waals surface area contributed by atoms with Crippen molar-refractivity contribution in [1.29, 1.82) is 0 Å². The van der Waals surface area contributed by atoms with Crippen molar-refractivity contribution in [2.75, 3.05) is 13.2 Å². The van der Waals surface area contributed by atoms with E-state index in [1.807, 2.05) is 12.1 Å². The summed E-state index contributed by atoms with van der Waals surface area (Å²) in [6.45, 7) is 7.67. The topological polar surface area (TPSA) is 21.3 Å². The number of rotatable bonds is 2. The van der Waals surface area contributed by atoms with Crippen molar-refractivity contribution < 1.29 is 4.74 Å². The molecule has 0 saturated carbocycles. The largest absolute Gasteiger partial charge is 0.489 e. The Morgan fingerprint density at radius 1 is 1.60 bits per heavy atom. The molecule has 1 N–H and O–H groups in total. The minimum Gasteiger partial charge on any atom is -0.489 e. The summed E-state index contributed by atoms with van der Waals surface area (Å²) in [4.78, 5) is 0. The predicted octanol–water partition coefficient (Wildman–Crippen LogP) is 3.05. The monoisotopic (exact) mass is 267 g/mol. The highest BCUT2D eigenvalue weighted by atomic mass is 79.9. The summed E-state index contributed by atoms with van der Waals surface area (Å²) in [6.07, 6.45) is 0. The van der Waals surface area contributed by atoms with Gasteiger partial charge in [-0.05, 0) is 30.3 Å². The second kappa shape index (κ2) is 4.37. The summed E-state index contributed by atoms with van der Waals surface area (Å²) in [6, 6.07) is 6.30. The smallest absolute Gasteiger partial charge is 0.124 e. The molecule has 80 valence electrons. The normalized spacial score (nSPS) is 19.6. The van der Waals surface area contributed by atoms with Crippen molar-refractivity contribution >= 4 is 15.9 Å². The number of hydrogen-bond donors (Lipinski definition) is 1. The molecule has 0 fully saturated rings. The Morgan fingerprint density at radius 2 is 2.40 bits per heavy atom. The van der Waals surface area contributed by atoms with Crippen LogP contribution in [-0.2, 0) is 0 Å². The van der Waals surface area contributed by atoms with Crippen molar-refractivity contribution in [2.24, 2.45) is 0 Å². The van der Waals surface area contributed by atoms with Gasteiger partial charge >= 0.3 is 0 Å². The van der Waals surface area contributed by atoms with Crippen LogP contribution in [0.15, 0.2) is 34.8 Å². The van der Waals surface area contributed by atoms with Crippen LogP contribution in [0.1, 0.15) is 18.5 Å². The maximum absolute atomic E-state index is 5.61. The first-order chi connectivity index (χ1) is 7.22. The fraction of sp³-hybridized carbons (Fsp3) is 0.333. The van der Waals surface area contributed by atoms with E-state index in [9.17, 15) is 0 Å². The SMILES string of the molecule is C=C1COc2ccc(Br)cc2C1NCC. The van der Waals surface area contributed by atoms with Crippen LogP contribution >= 0.6 is 15.9 Å². The standard InChI is InChI=1S/C12H14BrNO/c1-3-14-12-8(2)7-15-11-5-4-9(13)6-10(11)12/h4-6,12,14H,2-3,7H2,1H3. The van der Waals surface area contributed by atoms with Crippen molar-refractivity contribution in [1.82, 2.24) is 5.32 Å². The molecule has 1 heterocycles. The van der Waals surface area contributed by atoms with E-state index in [4.69, 9.17) is 4.74 Å². The molecule has 0 amide bonds. The van der Waals surface area contributed by atoms with Crippen LogP contribution in [0.5, 0.6) is 5.75 Å². The van der Waals surface area contributed by atoms with E-state index in [0.29, 0.717) is 6.61 Å². The minimum absolute atomic E-state index is 0.219. The molecule has 3 heteroatoms. The highest BCUT2D eigenvalue weighted by molar-refractivity contribution is 9.10. The molecule has 1 aliphatic heterocycles. The third-order valence-corrected chi connectivity index (χ3v) is 3.01. The summed E-state index contributed by atoms with van der Waals surface area (Å²) in [5, 5.41) is 3.42. The molecule has 2 rings (SSSR count). The van der Waals surface area contributed by atoms with E-state index >= 15 is 0 Å². The lowest BCUT2D eigenvalue weighted by atomic mass is 9.97. The van der Waals surface area contributed by atoms with Gasteiger partial charge in [-0.25, -0.2) is 0 Å². The number of ether oxygens (including phenoxy) is 1. The molecule has 1 unspecified atom stereocenters. The van der Waals surface area contributed by atoms with Crippen LogP contribution in [0.25, 0.3) is 0 Å². The van der Waals surface area contributed by atoms with Gasteiger partial charge in [0.05, 0.1) is 6.04 Å². The number of likely N-dealkylation sites (N-methyl/N-ethyl adjacent to an activating group) is 1. The number of benzene rings is 1. The maximum atomic E-state index is 5.61. The molecule has 0 saturated heterocycles. The molecule has 15 heavy (non-hydrogen) atoms. The molecular weight excluding hydrogens is 254 g/mol. The molecule has 0 aromatic heterocycles. The minimum atomic E-state index is 0.219. The lowest BCUT2D eigenvalue weighted by Gasteiger charge is -2.28. The van der Waals surface area contributed by atoms with Gasteiger partial charge < -0.3 is 10.1 Å². The zero-order chi connectivity index (χ0) is 10.8. The lowest BCUT2D eigenvalue weighted by Crippen LogP contribution is -2.28. The zero-order valence-electron chi connectivity index (χ0n) is 8.72. The van der Waals surface area contributed by atoms with Crippen molar-refractivity contribution in [3.8, 4) is 5.75 Å². The Balaban J connectivity index is 2.41. The number of nitrogens with one attached hydrogen (secondary N) is 1. The lowest BCUT2D eigenvalue weighted by molar-refractivity contribution is 0.310. The summed E-state index contributed by atoms with van der Waals surface area (Å²) < 4.78 is 6.68. The van der Waals surface area contributed by atoms with Gasteiger partial charge in [0, 0.05) is 10.0 Å². The molecule has 1 aliphatic rings. The third kappa shape index (κ3) is 2.08. The van der Waals surface area contributed by atoms with E-state index in [0.717, 1.165) is 22.3 Å². The van der Waals surface area contributed by atoms with E-state index in [2.05, 4.69) is 40.8 Å². The van der Waals surface area contributed by atoms with E-state index in [1.54, 1.807) is 0 Å². The molecule has 0 aliphatic carbocycles. The number of fused-ring (bicyclic) bond motifs is 1. The quantitative estimate of drug-likeness (QED) is 0.832. The van der Waals surface area contributed by atoms with Gasteiger partial charge in [-0.3, -0.25) is 0 Å². The third-order valence-electron chi connectivity index (χ3n) is 2.51. The highest BCUT2D eigenvalue weighted by Crippen LogP contribution is 2.35. The molecule has 0 bridgehead atoms. The summed E-state index contributed by atoms with van der Waals surface area (Å²) in [5.74, 6) is 0.955. The van der Waals surface area contributed by atoms with Crippen LogP contribution in [0.2, 0.25) is 0 Å². The van der Waals surface area contributed by atoms with Crippen LogP contribution in [0, 0.1) is 0 Å². The number of hydrogen-bond acceptors (Lipinski definition) is 2. The molecule has 2 nitrogen and oxygen atoms in total. The summed E-state index contributed by atoms with van der Waals surface area (Å²) >= 11 is 3.48. The molecule has 1 aromatic carbocycles. The van der Waals surface area contributed by atoms with Crippen molar-refractivity contribution in [3.05, 3.63) is 40.4 Å². The Kier molecular flexibility index (Phi) is 3.12. The Bertz CT molecular complexity index is 389. The summed E-state index contributed by atoms with van der Waals surface area (Å²) in [7, 11) is 0. The van der Waals surface area contributed by atoms with Gasteiger partial charge in [-0.1, -0.05) is 29.4 Å². The van der Waals surface area contributed by atoms with Gasteiger partial charge in [0.2, 0.25) is 0 Å². The first-order valence-corrected chi connectivity index (χ1v) is 5.85. The summed E-state index contributed by atoms with van der Waals surface area (Å²) in [5.41, 5.74) is 2.25. The predicted molar refractivity (Wildman–Crippen MR) is 65.2 cm³/mol. The molecule has 1 aromatic rings. The average molecular weight is 268 g/mol. The van der Waals surface area contributed by atoms with Crippen LogP contribution in [0.3, 0.4) is 0 Å². The molecule has 1 atom stereocenters.